The van der Waals surface area contributed by atoms with E-state index in [1.807, 2.05) is 68.0 Å². The van der Waals surface area contributed by atoms with Crippen molar-refractivity contribution in [2.45, 2.75) is 13.5 Å². The minimum Gasteiger partial charge on any atom is -0.305 e. The van der Waals surface area contributed by atoms with Gasteiger partial charge in [-0.25, -0.2) is 4.68 Å². The van der Waals surface area contributed by atoms with Crippen LogP contribution in [0.15, 0.2) is 35.1 Å². The van der Waals surface area contributed by atoms with E-state index in [0.29, 0.717) is 6.54 Å². The van der Waals surface area contributed by atoms with Crippen LogP contribution in [0, 0.1) is 6.92 Å². The third-order valence-corrected chi connectivity index (χ3v) is 3.15. The Bertz CT molecular complexity index is 593. The minimum absolute atomic E-state index is 0.0647. The second kappa shape index (κ2) is 4.82. The van der Waals surface area contributed by atoms with E-state index in [1.54, 1.807) is 4.68 Å². The van der Waals surface area contributed by atoms with Gasteiger partial charge in [-0.2, -0.15) is 0 Å². The molecule has 1 aromatic carbocycles. The minimum atomic E-state index is 0.0647. The van der Waals surface area contributed by atoms with Gasteiger partial charge in [-0.05, 0) is 33.2 Å². The van der Waals surface area contributed by atoms with Crippen molar-refractivity contribution in [3.63, 3.8) is 0 Å². The fourth-order valence-corrected chi connectivity index (χ4v) is 2.12. The van der Waals surface area contributed by atoms with Crippen LogP contribution in [0.4, 0.5) is 0 Å². The van der Waals surface area contributed by atoms with Gasteiger partial charge in [0.1, 0.15) is 0 Å². The molecule has 0 atom stereocenters. The summed E-state index contributed by atoms with van der Waals surface area (Å²) in [7, 11) is 5.86. The van der Waals surface area contributed by atoms with Crippen LogP contribution in [-0.2, 0) is 13.6 Å². The number of aromatic nitrogens is 2. The zero-order chi connectivity index (χ0) is 13.3. The van der Waals surface area contributed by atoms with Crippen molar-refractivity contribution >= 4 is 0 Å². The van der Waals surface area contributed by atoms with Crippen LogP contribution >= 0.6 is 0 Å². The van der Waals surface area contributed by atoms with Gasteiger partial charge in [0.15, 0.2) is 0 Å². The summed E-state index contributed by atoms with van der Waals surface area (Å²) >= 11 is 0. The van der Waals surface area contributed by atoms with E-state index in [2.05, 4.69) is 0 Å². The van der Waals surface area contributed by atoms with Crippen molar-refractivity contribution in [1.29, 1.82) is 0 Å². The molecule has 1 aromatic heterocycles. The summed E-state index contributed by atoms with van der Waals surface area (Å²) in [6.07, 6.45) is 0. The monoisotopic (exact) mass is 245 g/mol. The maximum absolute atomic E-state index is 12.5. The van der Waals surface area contributed by atoms with E-state index in [4.69, 9.17) is 0 Å². The van der Waals surface area contributed by atoms with Crippen LogP contribution in [0.1, 0.15) is 11.3 Å². The summed E-state index contributed by atoms with van der Waals surface area (Å²) in [5.41, 5.74) is 2.83. The molecule has 0 aliphatic carbocycles. The maximum Gasteiger partial charge on any atom is 0.276 e. The Balaban J connectivity index is 2.60. The van der Waals surface area contributed by atoms with Crippen molar-refractivity contribution in [2.24, 2.45) is 7.05 Å². The lowest BCUT2D eigenvalue weighted by Crippen LogP contribution is -2.23. The second-order valence-corrected chi connectivity index (χ2v) is 4.78. The number of para-hydroxylation sites is 1. The Morgan fingerprint density at radius 2 is 1.78 bits per heavy atom. The number of hydrogen-bond acceptors (Lipinski definition) is 2. The molecule has 0 fully saturated rings. The first-order chi connectivity index (χ1) is 8.52. The highest BCUT2D eigenvalue weighted by Gasteiger charge is 2.15. The zero-order valence-corrected chi connectivity index (χ0v) is 11.3. The summed E-state index contributed by atoms with van der Waals surface area (Å²) in [5, 5.41) is 0. The van der Waals surface area contributed by atoms with Gasteiger partial charge >= 0.3 is 0 Å². The first kappa shape index (κ1) is 12.6. The molecule has 96 valence electrons. The quantitative estimate of drug-likeness (QED) is 0.821. The van der Waals surface area contributed by atoms with Crippen molar-refractivity contribution in [3.8, 4) is 5.69 Å². The summed E-state index contributed by atoms with van der Waals surface area (Å²) in [6.45, 7) is 2.65. The van der Waals surface area contributed by atoms with Crippen LogP contribution in [0.3, 0.4) is 0 Å². The fourth-order valence-electron chi connectivity index (χ4n) is 2.12. The second-order valence-electron chi connectivity index (χ2n) is 4.78. The van der Waals surface area contributed by atoms with E-state index in [-0.39, 0.29) is 5.56 Å². The topological polar surface area (TPSA) is 30.2 Å². The standard InChI is InChI=1S/C14H19N3O/c1-11-13(10-15(2)3)14(18)17(16(11)4)12-8-6-5-7-9-12/h5-9H,10H2,1-4H3. The first-order valence-corrected chi connectivity index (χ1v) is 6.00. The van der Waals surface area contributed by atoms with Gasteiger partial charge in [0.2, 0.25) is 0 Å². The maximum atomic E-state index is 12.5. The normalized spacial score (nSPS) is 11.2. The molecule has 0 aliphatic heterocycles. The molecule has 4 heteroatoms. The average Bonchev–Trinajstić information content (AvgIpc) is 2.54. The number of nitrogens with zero attached hydrogens (tertiary/aromatic N) is 3. The third-order valence-electron chi connectivity index (χ3n) is 3.15. The number of benzene rings is 1. The Kier molecular flexibility index (Phi) is 3.39. The van der Waals surface area contributed by atoms with Crippen molar-refractivity contribution in [3.05, 3.63) is 51.9 Å². The highest BCUT2D eigenvalue weighted by Crippen LogP contribution is 2.10. The van der Waals surface area contributed by atoms with Crippen molar-refractivity contribution in [1.82, 2.24) is 14.3 Å². The van der Waals surface area contributed by atoms with Gasteiger partial charge in [-0.1, -0.05) is 18.2 Å². The van der Waals surface area contributed by atoms with Gasteiger partial charge in [-0.3, -0.25) is 9.48 Å². The molecule has 2 rings (SSSR count). The molecule has 0 aliphatic rings. The predicted molar refractivity (Wildman–Crippen MR) is 73.1 cm³/mol. The van der Waals surface area contributed by atoms with E-state index >= 15 is 0 Å². The highest BCUT2D eigenvalue weighted by molar-refractivity contribution is 5.33. The van der Waals surface area contributed by atoms with E-state index in [9.17, 15) is 4.79 Å². The van der Waals surface area contributed by atoms with Gasteiger partial charge in [0.05, 0.1) is 11.3 Å². The summed E-state index contributed by atoms with van der Waals surface area (Å²) < 4.78 is 3.63. The first-order valence-electron chi connectivity index (χ1n) is 6.00. The fraction of sp³-hybridized carbons (Fsp3) is 0.357. The van der Waals surface area contributed by atoms with Gasteiger partial charge in [0, 0.05) is 19.3 Å². The molecule has 0 amide bonds. The molecule has 0 radical (unpaired) electrons. The van der Waals surface area contributed by atoms with Crippen molar-refractivity contribution in [2.75, 3.05) is 14.1 Å². The lowest BCUT2D eigenvalue weighted by molar-refractivity contribution is 0.400. The molecule has 0 bridgehead atoms. The van der Waals surface area contributed by atoms with Gasteiger partial charge in [0.25, 0.3) is 5.56 Å². The van der Waals surface area contributed by atoms with Crippen LogP contribution < -0.4 is 5.56 Å². The van der Waals surface area contributed by atoms with Gasteiger partial charge in [-0.15, -0.1) is 0 Å². The summed E-state index contributed by atoms with van der Waals surface area (Å²) in [4.78, 5) is 14.5. The lowest BCUT2D eigenvalue weighted by atomic mass is 10.2. The molecular formula is C14H19N3O. The third kappa shape index (κ3) is 2.11. The highest BCUT2D eigenvalue weighted by atomic mass is 16.1. The Morgan fingerprint density at radius 1 is 1.17 bits per heavy atom. The molecule has 0 saturated heterocycles. The predicted octanol–water partition coefficient (Wildman–Crippen LogP) is 1.55. The molecule has 0 spiro atoms. The molecule has 2 aromatic rings. The van der Waals surface area contributed by atoms with Crippen LogP contribution in [0.25, 0.3) is 5.69 Å². The van der Waals surface area contributed by atoms with E-state index in [0.717, 1.165) is 16.9 Å². The molecule has 0 N–H and O–H groups in total. The molecular weight excluding hydrogens is 226 g/mol. The Hall–Kier alpha value is -1.81. The van der Waals surface area contributed by atoms with Crippen LogP contribution in [0.5, 0.6) is 0 Å². The average molecular weight is 245 g/mol. The van der Waals surface area contributed by atoms with Crippen molar-refractivity contribution < 1.29 is 0 Å². The van der Waals surface area contributed by atoms with E-state index in [1.165, 1.54) is 0 Å². The molecule has 18 heavy (non-hydrogen) atoms. The van der Waals surface area contributed by atoms with Crippen LogP contribution in [-0.4, -0.2) is 28.4 Å². The Labute approximate surface area is 107 Å². The zero-order valence-electron chi connectivity index (χ0n) is 11.3. The smallest absolute Gasteiger partial charge is 0.276 e. The van der Waals surface area contributed by atoms with Crippen LogP contribution in [0.2, 0.25) is 0 Å². The van der Waals surface area contributed by atoms with E-state index < -0.39 is 0 Å². The summed E-state index contributed by atoms with van der Waals surface area (Å²) in [5.74, 6) is 0. The summed E-state index contributed by atoms with van der Waals surface area (Å²) in [6, 6.07) is 9.72. The number of rotatable bonds is 3. The van der Waals surface area contributed by atoms with Gasteiger partial charge < -0.3 is 4.90 Å². The molecule has 1 heterocycles. The lowest BCUT2D eigenvalue weighted by Gasteiger charge is -2.08. The molecule has 0 saturated carbocycles. The molecule has 0 unspecified atom stereocenters. The Morgan fingerprint density at radius 3 is 2.33 bits per heavy atom. The number of hydrogen-bond donors (Lipinski definition) is 0. The largest absolute Gasteiger partial charge is 0.305 e. The molecule has 4 nitrogen and oxygen atoms in total. The SMILES string of the molecule is Cc1c(CN(C)C)c(=O)n(-c2ccccc2)n1C.